The van der Waals surface area contributed by atoms with E-state index in [9.17, 15) is 4.79 Å². The molecule has 0 N–H and O–H groups in total. The van der Waals surface area contributed by atoms with Crippen molar-refractivity contribution in [3.8, 4) is 0 Å². The van der Waals surface area contributed by atoms with Crippen molar-refractivity contribution < 1.29 is 9.53 Å². The van der Waals surface area contributed by atoms with E-state index in [2.05, 4.69) is 10.8 Å². The van der Waals surface area contributed by atoms with Crippen molar-refractivity contribution in [2.45, 2.75) is 13.8 Å². The van der Waals surface area contributed by atoms with Crippen LogP contribution in [0.25, 0.3) is 6.08 Å². The second kappa shape index (κ2) is 4.23. The molecule has 13 heavy (non-hydrogen) atoms. The number of carbonyl (C=O) groups excluding carboxylic acids is 1. The van der Waals surface area contributed by atoms with Crippen LogP contribution in [0.3, 0.4) is 0 Å². The number of carbonyl (C=O) groups is 1. The molecule has 0 atom stereocenters. The Morgan fingerprint density at radius 3 is 2.69 bits per heavy atom. The van der Waals surface area contributed by atoms with Crippen molar-refractivity contribution in [2.24, 2.45) is 0 Å². The van der Waals surface area contributed by atoms with Crippen LogP contribution in [0.2, 0.25) is 0 Å². The molecular weight excluding hydrogens is 184 g/mol. The van der Waals surface area contributed by atoms with Crippen LogP contribution in [-0.4, -0.2) is 13.1 Å². The van der Waals surface area contributed by atoms with E-state index >= 15 is 0 Å². The lowest BCUT2D eigenvalue weighted by molar-refractivity contribution is -0.134. The predicted molar refractivity (Wildman–Crippen MR) is 54.8 cm³/mol. The molecule has 1 aromatic heterocycles. The summed E-state index contributed by atoms with van der Waals surface area (Å²) in [5, 5.41) is 0. The molecule has 0 aliphatic heterocycles. The second-order valence-corrected chi connectivity index (χ2v) is 4.19. The van der Waals surface area contributed by atoms with Crippen LogP contribution in [-0.2, 0) is 9.53 Å². The summed E-state index contributed by atoms with van der Waals surface area (Å²) < 4.78 is 4.50. The van der Waals surface area contributed by atoms with Gasteiger partial charge in [0.1, 0.15) is 0 Å². The topological polar surface area (TPSA) is 26.3 Å². The van der Waals surface area contributed by atoms with Crippen LogP contribution in [0.1, 0.15) is 15.3 Å². The molecule has 0 fully saturated rings. The highest BCUT2D eigenvalue weighted by Gasteiger charge is 1.99. The molecule has 0 unspecified atom stereocenters. The lowest BCUT2D eigenvalue weighted by atomic mass is 10.2. The Kier molecular flexibility index (Phi) is 3.25. The summed E-state index contributed by atoms with van der Waals surface area (Å²) in [5.41, 5.74) is 1.09. The van der Waals surface area contributed by atoms with Gasteiger partial charge in [0.05, 0.1) is 7.11 Å². The normalized spacial score (nSPS) is 10.7. The summed E-state index contributed by atoms with van der Waals surface area (Å²) >= 11 is 1.73. The van der Waals surface area contributed by atoms with Crippen LogP contribution in [0.4, 0.5) is 0 Å². The number of hydrogen-bond donors (Lipinski definition) is 0. The molecule has 0 amide bonds. The highest BCUT2D eigenvalue weighted by atomic mass is 32.1. The van der Waals surface area contributed by atoms with E-state index in [1.807, 2.05) is 13.8 Å². The molecule has 0 aromatic carbocycles. The van der Waals surface area contributed by atoms with Gasteiger partial charge in [-0.1, -0.05) is 0 Å². The monoisotopic (exact) mass is 196 g/mol. The van der Waals surface area contributed by atoms with Gasteiger partial charge < -0.3 is 4.74 Å². The number of ether oxygens (including phenoxy) is 1. The number of aryl methyl sites for hydroxylation is 2. The maximum absolute atomic E-state index is 10.8. The van der Waals surface area contributed by atoms with Gasteiger partial charge in [-0.25, -0.2) is 4.79 Å². The summed E-state index contributed by atoms with van der Waals surface area (Å²) in [5.74, 6) is -0.316. The molecule has 0 saturated carbocycles. The van der Waals surface area contributed by atoms with E-state index in [0.717, 1.165) is 5.56 Å². The van der Waals surface area contributed by atoms with Gasteiger partial charge in [-0.15, -0.1) is 11.3 Å². The molecule has 0 spiro atoms. The van der Waals surface area contributed by atoms with Crippen molar-refractivity contribution in [1.82, 2.24) is 0 Å². The SMILES string of the molecule is COC(=O)/C=C/c1cc(C)sc1C. The van der Waals surface area contributed by atoms with Gasteiger partial charge in [-0.2, -0.15) is 0 Å². The van der Waals surface area contributed by atoms with Crippen LogP contribution in [0.5, 0.6) is 0 Å². The summed E-state index contributed by atoms with van der Waals surface area (Å²) in [6.07, 6.45) is 3.22. The smallest absolute Gasteiger partial charge is 0.330 e. The summed E-state index contributed by atoms with van der Waals surface area (Å²) in [4.78, 5) is 13.3. The summed E-state index contributed by atoms with van der Waals surface area (Å²) in [7, 11) is 1.37. The minimum atomic E-state index is -0.316. The van der Waals surface area contributed by atoms with E-state index in [4.69, 9.17) is 0 Å². The van der Waals surface area contributed by atoms with Gasteiger partial charge >= 0.3 is 5.97 Å². The Labute approximate surface area is 81.8 Å². The lowest BCUT2D eigenvalue weighted by Gasteiger charge is -1.90. The average Bonchev–Trinajstić information content (AvgIpc) is 2.41. The third-order valence-corrected chi connectivity index (χ3v) is 2.66. The van der Waals surface area contributed by atoms with Crippen LogP contribution < -0.4 is 0 Å². The largest absolute Gasteiger partial charge is 0.466 e. The zero-order valence-corrected chi connectivity index (χ0v) is 8.77. The molecule has 0 aliphatic carbocycles. The van der Waals surface area contributed by atoms with Crippen LogP contribution in [0.15, 0.2) is 12.1 Å². The van der Waals surface area contributed by atoms with E-state index < -0.39 is 0 Å². The first-order valence-corrected chi connectivity index (χ1v) is 4.78. The predicted octanol–water partition coefficient (Wildman–Crippen LogP) is 2.55. The second-order valence-electron chi connectivity index (χ2n) is 2.73. The van der Waals surface area contributed by atoms with Crippen molar-refractivity contribution in [3.63, 3.8) is 0 Å². The fraction of sp³-hybridized carbons (Fsp3) is 0.300. The number of rotatable bonds is 2. The third kappa shape index (κ3) is 2.70. The van der Waals surface area contributed by atoms with Crippen molar-refractivity contribution in [3.05, 3.63) is 27.5 Å². The van der Waals surface area contributed by atoms with Crippen molar-refractivity contribution >= 4 is 23.4 Å². The molecule has 0 radical (unpaired) electrons. The quantitative estimate of drug-likeness (QED) is 0.536. The Morgan fingerprint density at radius 2 is 2.23 bits per heavy atom. The number of methoxy groups -OCH3 is 1. The molecule has 2 nitrogen and oxygen atoms in total. The summed E-state index contributed by atoms with van der Waals surface area (Å²) in [6, 6.07) is 2.06. The van der Waals surface area contributed by atoms with E-state index in [0.29, 0.717) is 0 Å². The van der Waals surface area contributed by atoms with Crippen molar-refractivity contribution in [1.29, 1.82) is 0 Å². The first kappa shape index (κ1) is 9.99. The first-order chi connectivity index (χ1) is 6.13. The number of thiophene rings is 1. The van der Waals surface area contributed by atoms with Crippen LogP contribution >= 0.6 is 11.3 Å². The minimum Gasteiger partial charge on any atom is -0.466 e. The molecule has 3 heteroatoms. The number of esters is 1. The van der Waals surface area contributed by atoms with Crippen LogP contribution in [0, 0.1) is 13.8 Å². The highest BCUT2D eigenvalue weighted by Crippen LogP contribution is 2.21. The molecule has 1 aromatic rings. The molecule has 1 heterocycles. The average molecular weight is 196 g/mol. The van der Waals surface area contributed by atoms with E-state index in [1.165, 1.54) is 22.9 Å². The molecule has 1 rings (SSSR count). The van der Waals surface area contributed by atoms with Gasteiger partial charge in [-0.05, 0) is 31.6 Å². The highest BCUT2D eigenvalue weighted by molar-refractivity contribution is 7.12. The third-order valence-electron chi connectivity index (χ3n) is 1.68. The standard InChI is InChI=1S/C10H12O2S/c1-7-6-9(8(2)13-7)4-5-10(11)12-3/h4-6H,1-3H3/b5-4+. The van der Waals surface area contributed by atoms with Crippen molar-refractivity contribution in [2.75, 3.05) is 7.11 Å². The Balaban J connectivity index is 2.79. The van der Waals surface area contributed by atoms with Gasteiger partial charge in [0, 0.05) is 15.8 Å². The van der Waals surface area contributed by atoms with Gasteiger partial charge in [0.2, 0.25) is 0 Å². The van der Waals surface area contributed by atoms with Gasteiger partial charge in [0.15, 0.2) is 0 Å². The fourth-order valence-electron chi connectivity index (χ4n) is 1.04. The van der Waals surface area contributed by atoms with Gasteiger partial charge in [-0.3, -0.25) is 0 Å². The van der Waals surface area contributed by atoms with Gasteiger partial charge in [0.25, 0.3) is 0 Å². The van der Waals surface area contributed by atoms with E-state index in [1.54, 1.807) is 17.4 Å². The fourth-order valence-corrected chi connectivity index (χ4v) is 1.96. The zero-order valence-electron chi connectivity index (χ0n) is 7.96. The molecule has 0 aliphatic rings. The molecule has 0 bridgehead atoms. The Bertz CT molecular complexity index is 337. The maximum Gasteiger partial charge on any atom is 0.330 e. The van der Waals surface area contributed by atoms with E-state index in [-0.39, 0.29) is 5.97 Å². The first-order valence-electron chi connectivity index (χ1n) is 3.96. The Hall–Kier alpha value is -1.09. The zero-order chi connectivity index (χ0) is 9.84. The molecule has 0 saturated heterocycles. The Morgan fingerprint density at radius 1 is 1.54 bits per heavy atom. The maximum atomic E-state index is 10.8. The molecular formula is C10H12O2S. The summed E-state index contributed by atoms with van der Waals surface area (Å²) in [6.45, 7) is 4.09. The minimum absolute atomic E-state index is 0.316. The lowest BCUT2D eigenvalue weighted by Crippen LogP contribution is -1.93. The molecule has 70 valence electrons. The number of hydrogen-bond acceptors (Lipinski definition) is 3.